The highest BCUT2D eigenvalue weighted by atomic mass is 32.2. The van der Waals surface area contributed by atoms with Gasteiger partial charge in [0.2, 0.25) is 20.9 Å². The molecule has 0 saturated heterocycles. The summed E-state index contributed by atoms with van der Waals surface area (Å²) >= 11 is 0. The summed E-state index contributed by atoms with van der Waals surface area (Å²) in [5, 5.41) is -0.200. The molecule has 1 amide bonds. The second-order valence-electron chi connectivity index (χ2n) is 5.48. The van der Waals surface area contributed by atoms with Crippen molar-refractivity contribution in [2.45, 2.75) is 49.7 Å². The van der Waals surface area contributed by atoms with E-state index in [1.165, 1.54) is 0 Å². The molecule has 6 nitrogen and oxygen atoms in total. The molecule has 1 fully saturated rings. The monoisotopic (exact) mass is 295 g/mol. The minimum atomic E-state index is -3.46. The highest BCUT2D eigenvalue weighted by Crippen LogP contribution is 2.33. The molecule has 0 unspecified atom stereocenters. The van der Waals surface area contributed by atoms with Gasteiger partial charge in [0.1, 0.15) is 5.82 Å². The van der Waals surface area contributed by atoms with Crippen molar-refractivity contribution < 1.29 is 13.2 Å². The largest absolute Gasteiger partial charge is 0.293 e. The van der Waals surface area contributed by atoms with Crippen LogP contribution in [0.5, 0.6) is 0 Å². The molecule has 1 aromatic heterocycles. The SMILES string of the molecule is CS(=O)(=O)c1ncc2c(n1)N(C1CCCC1)C(=O)CC2. The van der Waals surface area contributed by atoms with Gasteiger partial charge in [0.25, 0.3) is 0 Å². The van der Waals surface area contributed by atoms with E-state index < -0.39 is 9.84 Å². The maximum Gasteiger partial charge on any atom is 0.248 e. The van der Waals surface area contributed by atoms with Crippen LogP contribution in [-0.4, -0.2) is 36.6 Å². The number of amides is 1. The van der Waals surface area contributed by atoms with E-state index in [1.54, 1.807) is 11.1 Å². The first kappa shape index (κ1) is 13.5. The normalized spacial score (nSPS) is 20.2. The van der Waals surface area contributed by atoms with Crippen LogP contribution in [0, 0.1) is 0 Å². The van der Waals surface area contributed by atoms with Crippen LogP contribution in [0.3, 0.4) is 0 Å². The highest BCUT2D eigenvalue weighted by Gasteiger charge is 2.34. The molecule has 0 N–H and O–H groups in total. The summed E-state index contributed by atoms with van der Waals surface area (Å²) in [5.74, 6) is 0.547. The summed E-state index contributed by atoms with van der Waals surface area (Å²) < 4.78 is 23.2. The Bertz CT molecular complexity index is 651. The number of carbonyl (C=O) groups excluding carboxylic acids is 1. The van der Waals surface area contributed by atoms with E-state index in [4.69, 9.17) is 0 Å². The highest BCUT2D eigenvalue weighted by molar-refractivity contribution is 7.90. The summed E-state index contributed by atoms with van der Waals surface area (Å²) in [6, 6.07) is 0.156. The fraction of sp³-hybridized carbons (Fsp3) is 0.615. The number of nitrogens with zero attached hydrogens (tertiary/aromatic N) is 3. The van der Waals surface area contributed by atoms with Gasteiger partial charge in [0.05, 0.1) is 0 Å². The molecule has 108 valence electrons. The van der Waals surface area contributed by atoms with Gasteiger partial charge in [-0.1, -0.05) is 12.8 Å². The van der Waals surface area contributed by atoms with E-state index in [0.29, 0.717) is 18.7 Å². The predicted molar refractivity (Wildman–Crippen MR) is 73.2 cm³/mol. The van der Waals surface area contributed by atoms with Crippen LogP contribution in [-0.2, 0) is 21.1 Å². The van der Waals surface area contributed by atoms with Crippen molar-refractivity contribution in [1.29, 1.82) is 0 Å². The van der Waals surface area contributed by atoms with Crippen molar-refractivity contribution in [3.05, 3.63) is 11.8 Å². The molecule has 1 aromatic rings. The zero-order valence-corrected chi connectivity index (χ0v) is 12.2. The number of anilines is 1. The second kappa shape index (κ2) is 4.80. The van der Waals surface area contributed by atoms with Crippen LogP contribution in [0.2, 0.25) is 0 Å². The van der Waals surface area contributed by atoms with Crippen molar-refractivity contribution in [2.24, 2.45) is 0 Å². The Kier molecular flexibility index (Phi) is 3.24. The Morgan fingerprint density at radius 3 is 2.60 bits per heavy atom. The summed E-state index contributed by atoms with van der Waals surface area (Å²) in [7, 11) is -3.46. The van der Waals surface area contributed by atoms with E-state index in [0.717, 1.165) is 37.5 Å². The lowest BCUT2D eigenvalue weighted by molar-refractivity contribution is -0.119. The minimum absolute atomic E-state index is 0.0440. The molecule has 0 atom stereocenters. The quantitative estimate of drug-likeness (QED) is 0.763. The van der Waals surface area contributed by atoms with Gasteiger partial charge in [0.15, 0.2) is 0 Å². The molecule has 2 heterocycles. The summed E-state index contributed by atoms with van der Waals surface area (Å²) in [6.07, 6.45) is 7.80. The van der Waals surface area contributed by atoms with Gasteiger partial charge in [-0.25, -0.2) is 18.4 Å². The van der Waals surface area contributed by atoms with Gasteiger partial charge >= 0.3 is 0 Å². The number of aryl methyl sites for hydroxylation is 1. The molecular formula is C13H17N3O3S. The summed E-state index contributed by atoms with van der Waals surface area (Å²) in [5.41, 5.74) is 0.865. The van der Waals surface area contributed by atoms with Gasteiger partial charge in [-0.2, -0.15) is 0 Å². The Morgan fingerprint density at radius 1 is 1.25 bits per heavy atom. The van der Waals surface area contributed by atoms with Crippen LogP contribution in [0.25, 0.3) is 0 Å². The molecule has 20 heavy (non-hydrogen) atoms. The number of carbonyl (C=O) groups is 1. The Hall–Kier alpha value is -1.50. The molecule has 0 radical (unpaired) electrons. The van der Waals surface area contributed by atoms with E-state index in [1.807, 2.05) is 0 Å². The summed E-state index contributed by atoms with van der Waals surface area (Å²) in [4.78, 5) is 22.0. The molecule has 1 saturated carbocycles. The van der Waals surface area contributed by atoms with E-state index in [9.17, 15) is 13.2 Å². The number of fused-ring (bicyclic) bond motifs is 1. The third-order valence-electron chi connectivity index (χ3n) is 3.95. The number of hydrogen-bond acceptors (Lipinski definition) is 5. The Labute approximate surface area is 118 Å². The molecule has 0 aromatic carbocycles. The topological polar surface area (TPSA) is 80.2 Å². The number of rotatable bonds is 2. The molecule has 1 aliphatic carbocycles. The van der Waals surface area contributed by atoms with Crippen molar-refractivity contribution >= 4 is 21.6 Å². The van der Waals surface area contributed by atoms with Crippen LogP contribution in [0.4, 0.5) is 5.82 Å². The van der Waals surface area contributed by atoms with E-state index in [-0.39, 0.29) is 17.1 Å². The fourth-order valence-corrected chi connectivity index (χ4v) is 3.46. The predicted octanol–water partition coefficient (Wildman–Crippen LogP) is 1.10. The molecule has 0 bridgehead atoms. The van der Waals surface area contributed by atoms with Crippen LogP contribution < -0.4 is 4.90 Å². The first-order chi connectivity index (χ1) is 9.47. The molecule has 2 aliphatic rings. The zero-order valence-electron chi connectivity index (χ0n) is 11.4. The lowest BCUT2D eigenvalue weighted by Gasteiger charge is -2.33. The maximum atomic E-state index is 12.2. The van der Waals surface area contributed by atoms with Crippen molar-refractivity contribution in [1.82, 2.24) is 9.97 Å². The van der Waals surface area contributed by atoms with Crippen LogP contribution in [0.1, 0.15) is 37.7 Å². The molecular weight excluding hydrogens is 278 g/mol. The lowest BCUT2D eigenvalue weighted by atomic mass is 10.0. The van der Waals surface area contributed by atoms with Gasteiger partial charge in [-0.15, -0.1) is 0 Å². The maximum absolute atomic E-state index is 12.2. The number of hydrogen-bond donors (Lipinski definition) is 0. The van der Waals surface area contributed by atoms with Crippen LogP contribution in [0.15, 0.2) is 11.4 Å². The first-order valence-corrected chi connectivity index (χ1v) is 8.74. The molecule has 3 rings (SSSR count). The molecule has 1 aliphatic heterocycles. The van der Waals surface area contributed by atoms with Crippen molar-refractivity contribution in [3.63, 3.8) is 0 Å². The Morgan fingerprint density at radius 2 is 1.95 bits per heavy atom. The van der Waals surface area contributed by atoms with Crippen LogP contribution >= 0.6 is 0 Å². The van der Waals surface area contributed by atoms with E-state index in [2.05, 4.69) is 9.97 Å². The standard InChI is InChI=1S/C13H17N3O3S/c1-20(18,19)13-14-8-9-6-7-11(17)16(12(9)15-13)10-4-2-3-5-10/h8,10H,2-7H2,1H3. The van der Waals surface area contributed by atoms with Gasteiger partial charge < -0.3 is 0 Å². The van der Waals surface area contributed by atoms with Gasteiger partial charge in [0, 0.05) is 30.5 Å². The van der Waals surface area contributed by atoms with E-state index >= 15 is 0 Å². The van der Waals surface area contributed by atoms with Gasteiger partial charge in [-0.3, -0.25) is 9.69 Å². The smallest absolute Gasteiger partial charge is 0.248 e. The zero-order chi connectivity index (χ0) is 14.3. The molecule has 7 heteroatoms. The lowest BCUT2D eigenvalue weighted by Crippen LogP contribution is -2.43. The average molecular weight is 295 g/mol. The van der Waals surface area contributed by atoms with Crippen molar-refractivity contribution in [3.8, 4) is 0 Å². The molecule has 0 spiro atoms. The average Bonchev–Trinajstić information content (AvgIpc) is 2.90. The number of sulfone groups is 1. The second-order valence-corrected chi connectivity index (χ2v) is 7.39. The third-order valence-corrected chi connectivity index (χ3v) is 4.81. The Balaban J connectivity index is 2.08. The third kappa shape index (κ3) is 2.30. The summed E-state index contributed by atoms with van der Waals surface area (Å²) in [6.45, 7) is 0. The fourth-order valence-electron chi connectivity index (χ4n) is 2.96. The number of aromatic nitrogens is 2. The van der Waals surface area contributed by atoms with Gasteiger partial charge in [-0.05, 0) is 19.3 Å². The van der Waals surface area contributed by atoms with Crippen molar-refractivity contribution in [2.75, 3.05) is 11.2 Å². The first-order valence-electron chi connectivity index (χ1n) is 6.85. The minimum Gasteiger partial charge on any atom is -0.293 e.